The molecule has 4 rings (SSSR count). The molecule has 0 atom stereocenters. The fourth-order valence-corrected chi connectivity index (χ4v) is 3.41. The topological polar surface area (TPSA) is 38.1 Å². The maximum absolute atomic E-state index is 13.1. The largest absolute Gasteiger partial charge is 0.329 e. The van der Waals surface area contributed by atoms with Gasteiger partial charge in [0.05, 0.1) is 11.4 Å². The number of rotatable bonds is 2. The van der Waals surface area contributed by atoms with Crippen LogP contribution in [0.3, 0.4) is 0 Å². The average molecular weight is 331 g/mol. The zero-order chi connectivity index (χ0) is 17.1. The van der Waals surface area contributed by atoms with Crippen LogP contribution in [0.5, 0.6) is 0 Å². The summed E-state index contributed by atoms with van der Waals surface area (Å²) in [5, 5.41) is 0. The third kappa shape index (κ3) is 3.07. The predicted octanol–water partition coefficient (Wildman–Crippen LogP) is 4.67. The van der Waals surface area contributed by atoms with Crippen LogP contribution in [0.25, 0.3) is 22.5 Å². The first-order chi connectivity index (χ1) is 12.3. The van der Waals surface area contributed by atoms with Gasteiger partial charge < -0.3 is 4.90 Å². The second kappa shape index (κ2) is 6.93. The first-order valence-corrected chi connectivity index (χ1v) is 8.82. The van der Waals surface area contributed by atoms with Crippen LogP contribution >= 0.6 is 0 Å². The van der Waals surface area contributed by atoms with E-state index in [1.807, 2.05) is 65.6 Å². The van der Waals surface area contributed by atoms with Crippen LogP contribution in [-0.2, 0) is 0 Å². The Morgan fingerprint density at radius 3 is 2.04 bits per heavy atom. The quantitative estimate of drug-likeness (QED) is 0.684. The van der Waals surface area contributed by atoms with Crippen LogP contribution in [0.2, 0.25) is 0 Å². The van der Waals surface area contributed by atoms with Crippen molar-refractivity contribution in [3.8, 4) is 22.5 Å². The number of carbonyl (C=O) groups is 1. The maximum Gasteiger partial charge on any atom is 0.329 e. The van der Waals surface area contributed by atoms with Crippen LogP contribution in [0.15, 0.2) is 67.0 Å². The second-order valence-electron chi connectivity index (χ2n) is 6.37. The number of hydrogen-bond acceptors (Lipinski definition) is 2. The molecular formula is C21H21N3O. The van der Waals surface area contributed by atoms with E-state index in [1.165, 1.54) is 6.42 Å². The number of benzene rings is 2. The van der Waals surface area contributed by atoms with Gasteiger partial charge in [-0.3, -0.25) is 0 Å². The van der Waals surface area contributed by atoms with Crippen molar-refractivity contribution in [2.24, 2.45) is 0 Å². The highest BCUT2D eigenvalue weighted by Crippen LogP contribution is 2.31. The summed E-state index contributed by atoms with van der Waals surface area (Å²) in [6.45, 7) is 1.65. The van der Waals surface area contributed by atoms with Crippen molar-refractivity contribution < 1.29 is 4.79 Å². The van der Waals surface area contributed by atoms with E-state index in [0.717, 1.165) is 48.4 Å². The Bertz CT molecular complexity index is 849. The van der Waals surface area contributed by atoms with Gasteiger partial charge in [0.25, 0.3) is 0 Å². The Morgan fingerprint density at radius 2 is 1.40 bits per heavy atom. The van der Waals surface area contributed by atoms with E-state index >= 15 is 0 Å². The van der Waals surface area contributed by atoms with Crippen molar-refractivity contribution in [3.63, 3.8) is 0 Å². The Kier molecular flexibility index (Phi) is 4.34. The molecule has 0 bridgehead atoms. The van der Waals surface area contributed by atoms with Gasteiger partial charge in [-0.15, -0.1) is 0 Å². The fraction of sp³-hybridized carbons (Fsp3) is 0.238. The number of hydrogen-bond donors (Lipinski definition) is 0. The summed E-state index contributed by atoms with van der Waals surface area (Å²) in [6, 6.07) is 20.1. The minimum Gasteiger partial charge on any atom is -0.324 e. The molecule has 0 unspecified atom stereocenters. The molecule has 1 aromatic heterocycles. The number of nitrogens with zero attached hydrogens (tertiary/aromatic N) is 3. The third-order valence-corrected chi connectivity index (χ3v) is 4.69. The molecule has 2 aromatic carbocycles. The third-order valence-electron chi connectivity index (χ3n) is 4.69. The van der Waals surface area contributed by atoms with Gasteiger partial charge in [-0.05, 0) is 19.3 Å². The SMILES string of the molecule is O=C(N1CCCCC1)n1cnc(-c2ccccc2)c1-c1ccccc1. The molecule has 1 fully saturated rings. The highest BCUT2D eigenvalue weighted by Gasteiger charge is 2.23. The minimum atomic E-state index is 0.0215. The highest BCUT2D eigenvalue weighted by molar-refractivity contribution is 5.88. The van der Waals surface area contributed by atoms with E-state index in [9.17, 15) is 4.79 Å². The summed E-state index contributed by atoms with van der Waals surface area (Å²) in [5.41, 5.74) is 3.73. The van der Waals surface area contributed by atoms with Gasteiger partial charge in [0, 0.05) is 24.2 Å². The van der Waals surface area contributed by atoms with Gasteiger partial charge in [0.15, 0.2) is 0 Å². The molecule has 0 saturated carbocycles. The second-order valence-corrected chi connectivity index (χ2v) is 6.37. The van der Waals surface area contributed by atoms with Crippen LogP contribution in [-0.4, -0.2) is 33.6 Å². The van der Waals surface area contributed by atoms with Gasteiger partial charge in [0.1, 0.15) is 6.33 Å². The number of likely N-dealkylation sites (tertiary alicyclic amines) is 1. The summed E-state index contributed by atoms with van der Waals surface area (Å²) < 4.78 is 1.71. The lowest BCUT2D eigenvalue weighted by molar-refractivity contribution is 0.188. The van der Waals surface area contributed by atoms with Gasteiger partial charge in [-0.2, -0.15) is 0 Å². The summed E-state index contributed by atoms with van der Waals surface area (Å²) >= 11 is 0. The molecule has 1 saturated heterocycles. The molecule has 0 N–H and O–H groups in total. The molecule has 1 aliphatic heterocycles. The Balaban J connectivity index is 1.82. The smallest absolute Gasteiger partial charge is 0.324 e. The number of carbonyl (C=O) groups excluding carboxylic acids is 1. The molecule has 0 spiro atoms. The molecule has 126 valence electrons. The van der Waals surface area contributed by atoms with Crippen molar-refractivity contribution in [1.29, 1.82) is 0 Å². The first-order valence-electron chi connectivity index (χ1n) is 8.82. The lowest BCUT2D eigenvalue weighted by Crippen LogP contribution is -2.38. The van der Waals surface area contributed by atoms with Gasteiger partial charge in [-0.25, -0.2) is 14.3 Å². The number of amides is 1. The van der Waals surface area contributed by atoms with Crippen molar-refractivity contribution in [2.45, 2.75) is 19.3 Å². The highest BCUT2D eigenvalue weighted by atomic mass is 16.2. The number of imidazole rings is 1. The number of piperidine rings is 1. The van der Waals surface area contributed by atoms with E-state index in [0.29, 0.717) is 0 Å². The standard InChI is InChI=1S/C21H21N3O/c25-21(23-14-8-3-9-15-23)24-16-22-19(17-10-4-1-5-11-17)20(24)18-12-6-2-7-13-18/h1-2,4-7,10-13,16H,3,8-9,14-15H2. The Hall–Kier alpha value is -2.88. The van der Waals surface area contributed by atoms with E-state index in [1.54, 1.807) is 10.9 Å². The van der Waals surface area contributed by atoms with Crippen LogP contribution in [0, 0.1) is 0 Å². The first kappa shape index (κ1) is 15.6. The average Bonchev–Trinajstić information content (AvgIpc) is 3.14. The van der Waals surface area contributed by atoms with Crippen molar-refractivity contribution in [3.05, 3.63) is 67.0 Å². The molecule has 0 radical (unpaired) electrons. The minimum absolute atomic E-state index is 0.0215. The van der Waals surface area contributed by atoms with E-state index < -0.39 is 0 Å². The monoisotopic (exact) mass is 331 g/mol. The fourth-order valence-electron chi connectivity index (χ4n) is 3.41. The summed E-state index contributed by atoms with van der Waals surface area (Å²) in [6.07, 6.45) is 5.02. The normalized spacial score (nSPS) is 14.5. The summed E-state index contributed by atoms with van der Waals surface area (Å²) in [5.74, 6) is 0. The van der Waals surface area contributed by atoms with Crippen molar-refractivity contribution >= 4 is 6.03 Å². The predicted molar refractivity (Wildman–Crippen MR) is 99.3 cm³/mol. The van der Waals surface area contributed by atoms with Crippen LogP contribution in [0.1, 0.15) is 19.3 Å². The zero-order valence-corrected chi connectivity index (χ0v) is 14.1. The molecule has 3 aromatic rings. The van der Waals surface area contributed by atoms with Gasteiger partial charge in [-0.1, -0.05) is 60.7 Å². The van der Waals surface area contributed by atoms with Crippen LogP contribution in [0.4, 0.5) is 4.79 Å². The molecule has 4 heteroatoms. The molecule has 1 aliphatic rings. The summed E-state index contributed by atoms with van der Waals surface area (Å²) in [7, 11) is 0. The lowest BCUT2D eigenvalue weighted by Gasteiger charge is -2.27. The zero-order valence-electron chi connectivity index (χ0n) is 14.1. The Labute approximate surface area is 147 Å². The molecule has 25 heavy (non-hydrogen) atoms. The van der Waals surface area contributed by atoms with Gasteiger partial charge in [0.2, 0.25) is 0 Å². The summed E-state index contributed by atoms with van der Waals surface area (Å²) in [4.78, 5) is 19.6. The molecule has 1 amide bonds. The maximum atomic E-state index is 13.1. The number of aromatic nitrogens is 2. The molecule has 0 aliphatic carbocycles. The van der Waals surface area contributed by atoms with Crippen molar-refractivity contribution in [1.82, 2.24) is 14.5 Å². The van der Waals surface area contributed by atoms with Gasteiger partial charge >= 0.3 is 6.03 Å². The van der Waals surface area contributed by atoms with E-state index in [-0.39, 0.29) is 6.03 Å². The van der Waals surface area contributed by atoms with E-state index in [4.69, 9.17) is 0 Å². The van der Waals surface area contributed by atoms with Crippen molar-refractivity contribution in [2.75, 3.05) is 13.1 Å². The Morgan fingerprint density at radius 1 is 0.800 bits per heavy atom. The van der Waals surface area contributed by atoms with E-state index in [2.05, 4.69) is 4.98 Å². The molecular weight excluding hydrogens is 310 g/mol. The lowest BCUT2D eigenvalue weighted by atomic mass is 10.0. The molecule has 2 heterocycles. The molecule has 4 nitrogen and oxygen atoms in total. The van der Waals surface area contributed by atoms with Crippen LogP contribution < -0.4 is 0 Å².